The van der Waals surface area contributed by atoms with Crippen molar-refractivity contribution in [3.05, 3.63) is 88.9 Å². The molecule has 3 aromatic carbocycles. The number of carbonyl (C=O) groups is 1. The maximum absolute atomic E-state index is 13.0. The number of carbonyl (C=O) groups excluding carboxylic acids is 1. The number of benzene rings is 3. The smallest absolute Gasteiger partial charge is 0.265 e. The van der Waals surface area contributed by atoms with Crippen molar-refractivity contribution in [3.63, 3.8) is 0 Å². The van der Waals surface area contributed by atoms with Crippen molar-refractivity contribution in [2.45, 2.75) is 13.8 Å². The van der Waals surface area contributed by atoms with E-state index >= 15 is 0 Å². The summed E-state index contributed by atoms with van der Waals surface area (Å²) in [6, 6.07) is 24.1. The van der Waals surface area contributed by atoms with Crippen molar-refractivity contribution in [2.24, 2.45) is 0 Å². The van der Waals surface area contributed by atoms with E-state index in [9.17, 15) is 4.79 Å². The predicted molar refractivity (Wildman–Crippen MR) is 120 cm³/mol. The van der Waals surface area contributed by atoms with Crippen LogP contribution in [0.1, 0.15) is 20.9 Å². The lowest BCUT2D eigenvalue weighted by Crippen LogP contribution is -2.10. The first-order chi connectivity index (χ1) is 14.1. The van der Waals surface area contributed by atoms with E-state index in [0.717, 1.165) is 43.6 Å². The summed E-state index contributed by atoms with van der Waals surface area (Å²) in [6.45, 7) is 4.05. The molecule has 0 aliphatic rings. The van der Waals surface area contributed by atoms with Crippen molar-refractivity contribution >= 4 is 43.9 Å². The van der Waals surface area contributed by atoms with Gasteiger partial charge < -0.3 is 5.32 Å². The summed E-state index contributed by atoms with van der Waals surface area (Å²) in [4.78, 5) is 14.7. The fourth-order valence-electron chi connectivity index (χ4n) is 3.64. The van der Waals surface area contributed by atoms with Crippen molar-refractivity contribution in [2.75, 3.05) is 5.32 Å². The Morgan fingerprint density at radius 2 is 1.69 bits per heavy atom. The topological polar surface area (TPSA) is 46.9 Å². The van der Waals surface area contributed by atoms with E-state index in [1.165, 1.54) is 11.3 Å². The summed E-state index contributed by atoms with van der Waals surface area (Å²) < 4.78 is 1.94. The lowest BCUT2D eigenvalue weighted by atomic mass is 10.1. The molecule has 0 radical (unpaired) electrons. The monoisotopic (exact) mass is 397 g/mol. The van der Waals surface area contributed by atoms with Crippen LogP contribution in [-0.4, -0.2) is 15.7 Å². The van der Waals surface area contributed by atoms with Crippen LogP contribution in [0.2, 0.25) is 0 Å². The highest BCUT2D eigenvalue weighted by molar-refractivity contribution is 7.20. The van der Waals surface area contributed by atoms with Gasteiger partial charge in [-0.3, -0.25) is 4.79 Å². The number of aromatic nitrogens is 2. The molecule has 0 spiro atoms. The van der Waals surface area contributed by atoms with Crippen LogP contribution in [-0.2, 0) is 0 Å². The Kier molecular flexibility index (Phi) is 4.18. The van der Waals surface area contributed by atoms with Gasteiger partial charge in [0, 0.05) is 16.5 Å². The first-order valence-corrected chi connectivity index (χ1v) is 10.3. The van der Waals surface area contributed by atoms with Gasteiger partial charge in [-0.25, -0.2) is 4.68 Å². The van der Waals surface area contributed by atoms with Crippen LogP contribution in [0.15, 0.2) is 72.8 Å². The molecule has 142 valence electrons. The molecule has 0 aliphatic heterocycles. The molecule has 0 aliphatic carbocycles. The standard InChI is InChI=1S/C24H19N3OS/c1-15-8-3-6-13-21(15)27-24-19(16(2)26-27)14-22(29-24)23(28)25-20-12-7-10-17-9-4-5-11-18(17)20/h3-14H,1-2H3,(H,25,28). The van der Waals surface area contributed by atoms with Crippen LogP contribution in [0.4, 0.5) is 5.69 Å². The first-order valence-electron chi connectivity index (χ1n) is 9.46. The third-order valence-electron chi connectivity index (χ3n) is 5.15. The van der Waals surface area contributed by atoms with E-state index in [0.29, 0.717) is 4.88 Å². The largest absolute Gasteiger partial charge is 0.321 e. The molecule has 0 unspecified atom stereocenters. The normalized spacial score (nSPS) is 11.2. The number of fused-ring (bicyclic) bond motifs is 2. The second-order valence-electron chi connectivity index (χ2n) is 7.09. The van der Waals surface area contributed by atoms with Gasteiger partial charge in [-0.2, -0.15) is 5.10 Å². The Balaban J connectivity index is 1.55. The first kappa shape index (κ1) is 17.6. The van der Waals surface area contributed by atoms with E-state index in [4.69, 9.17) is 5.10 Å². The molecule has 1 amide bonds. The minimum atomic E-state index is -0.0988. The zero-order valence-electron chi connectivity index (χ0n) is 16.1. The molecule has 0 saturated carbocycles. The average molecular weight is 398 g/mol. The maximum Gasteiger partial charge on any atom is 0.265 e. The van der Waals surface area contributed by atoms with Crippen LogP contribution in [0, 0.1) is 13.8 Å². The van der Waals surface area contributed by atoms with Gasteiger partial charge in [-0.1, -0.05) is 54.6 Å². The van der Waals surface area contributed by atoms with E-state index in [2.05, 4.69) is 24.4 Å². The van der Waals surface area contributed by atoms with Crippen molar-refractivity contribution < 1.29 is 4.79 Å². The van der Waals surface area contributed by atoms with Gasteiger partial charge in [-0.15, -0.1) is 11.3 Å². The molecule has 2 heterocycles. The molecule has 5 heteroatoms. The third-order valence-corrected chi connectivity index (χ3v) is 6.26. The maximum atomic E-state index is 13.0. The Bertz CT molecular complexity index is 1370. The minimum absolute atomic E-state index is 0.0988. The summed E-state index contributed by atoms with van der Waals surface area (Å²) in [5, 5.41) is 10.9. The summed E-state index contributed by atoms with van der Waals surface area (Å²) in [7, 11) is 0. The quantitative estimate of drug-likeness (QED) is 0.399. The third kappa shape index (κ3) is 3.00. The number of nitrogens with one attached hydrogen (secondary N) is 1. The predicted octanol–water partition coefficient (Wildman–Crippen LogP) is 6.11. The number of hydrogen-bond acceptors (Lipinski definition) is 3. The lowest BCUT2D eigenvalue weighted by Gasteiger charge is -2.08. The lowest BCUT2D eigenvalue weighted by molar-refractivity contribution is 0.103. The highest BCUT2D eigenvalue weighted by Gasteiger charge is 2.18. The Morgan fingerprint density at radius 1 is 0.931 bits per heavy atom. The Morgan fingerprint density at radius 3 is 2.55 bits per heavy atom. The molecule has 0 saturated heterocycles. The number of aryl methyl sites for hydroxylation is 2. The van der Waals surface area contributed by atoms with Gasteiger partial charge in [0.25, 0.3) is 5.91 Å². The summed E-state index contributed by atoms with van der Waals surface area (Å²) in [6.07, 6.45) is 0. The second kappa shape index (κ2) is 6.87. The van der Waals surface area contributed by atoms with Crippen LogP contribution in [0.25, 0.3) is 26.7 Å². The zero-order valence-corrected chi connectivity index (χ0v) is 17.0. The van der Waals surface area contributed by atoms with Crippen LogP contribution in [0.5, 0.6) is 0 Å². The number of rotatable bonds is 3. The number of anilines is 1. The molecule has 4 nitrogen and oxygen atoms in total. The average Bonchev–Trinajstić information content (AvgIpc) is 3.30. The molecular weight excluding hydrogens is 378 g/mol. The zero-order chi connectivity index (χ0) is 20.0. The molecule has 5 rings (SSSR count). The van der Waals surface area contributed by atoms with Gasteiger partial charge in [-0.05, 0) is 43.0 Å². The van der Waals surface area contributed by atoms with Gasteiger partial charge in [0.05, 0.1) is 16.3 Å². The van der Waals surface area contributed by atoms with Crippen molar-refractivity contribution in [3.8, 4) is 5.69 Å². The number of hydrogen-bond donors (Lipinski definition) is 1. The van der Waals surface area contributed by atoms with Gasteiger partial charge in [0.2, 0.25) is 0 Å². The molecule has 0 bridgehead atoms. The highest BCUT2D eigenvalue weighted by atomic mass is 32.1. The minimum Gasteiger partial charge on any atom is -0.321 e. The van der Waals surface area contributed by atoms with E-state index in [1.807, 2.05) is 72.3 Å². The molecule has 29 heavy (non-hydrogen) atoms. The molecule has 1 N–H and O–H groups in total. The van der Waals surface area contributed by atoms with Gasteiger partial charge in [0.15, 0.2) is 0 Å². The number of thiophene rings is 1. The summed E-state index contributed by atoms with van der Waals surface area (Å²) in [5.41, 5.74) is 3.92. The van der Waals surface area contributed by atoms with E-state index in [1.54, 1.807) is 0 Å². The van der Waals surface area contributed by atoms with E-state index < -0.39 is 0 Å². The number of para-hydroxylation sites is 1. The van der Waals surface area contributed by atoms with Crippen LogP contribution >= 0.6 is 11.3 Å². The van der Waals surface area contributed by atoms with Crippen molar-refractivity contribution in [1.82, 2.24) is 9.78 Å². The number of nitrogens with zero attached hydrogens (tertiary/aromatic N) is 2. The van der Waals surface area contributed by atoms with Crippen LogP contribution < -0.4 is 5.32 Å². The van der Waals surface area contributed by atoms with Crippen LogP contribution in [0.3, 0.4) is 0 Å². The molecule has 0 atom stereocenters. The SMILES string of the molecule is Cc1ccccc1-n1nc(C)c2cc(C(=O)Nc3cccc4ccccc34)sc21. The highest BCUT2D eigenvalue weighted by Crippen LogP contribution is 2.32. The van der Waals surface area contributed by atoms with Gasteiger partial charge >= 0.3 is 0 Å². The van der Waals surface area contributed by atoms with E-state index in [-0.39, 0.29) is 5.91 Å². The number of amides is 1. The molecule has 5 aromatic rings. The van der Waals surface area contributed by atoms with Gasteiger partial charge in [0.1, 0.15) is 4.83 Å². The molecule has 0 fully saturated rings. The summed E-state index contributed by atoms with van der Waals surface area (Å²) >= 11 is 1.47. The Labute approximate surface area is 172 Å². The second-order valence-corrected chi connectivity index (χ2v) is 8.12. The fourth-order valence-corrected chi connectivity index (χ4v) is 4.71. The molecule has 2 aromatic heterocycles. The molecular formula is C24H19N3OS. The fraction of sp³-hybridized carbons (Fsp3) is 0.0833. The summed E-state index contributed by atoms with van der Waals surface area (Å²) in [5.74, 6) is -0.0988. The Hall–Kier alpha value is -3.44. The van der Waals surface area contributed by atoms with Crippen molar-refractivity contribution in [1.29, 1.82) is 0 Å².